The third-order valence-corrected chi connectivity index (χ3v) is 2.63. The standard InChI is InChI=1S/C11H21N3/c1-11(2,3)10(5-6-12)9-7-13-14(4)8-9/h7-8,10H,5-6,12H2,1-4H3. The highest BCUT2D eigenvalue weighted by Gasteiger charge is 2.26. The zero-order chi connectivity index (χ0) is 10.8. The van der Waals surface area contributed by atoms with Crippen molar-refractivity contribution in [1.82, 2.24) is 9.78 Å². The van der Waals surface area contributed by atoms with Gasteiger partial charge in [0.2, 0.25) is 0 Å². The van der Waals surface area contributed by atoms with Crippen molar-refractivity contribution in [2.45, 2.75) is 33.1 Å². The maximum atomic E-state index is 5.64. The van der Waals surface area contributed by atoms with Crippen molar-refractivity contribution in [1.29, 1.82) is 0 Å². The van der Waals surface area contributed by atoms with Gasteiger partial charge in [-0.15, -0.1) is 0 Å². The van der Waals surface area contributed by atoms with Gasteiger partial charge in [-0.05, 0) is 29.9 Å². The Morgan fingerprint density at radius 2 is 2.14 bits per heavy atom. The molecule has 2 N–H and O–H groups in total. The van der Waals surface area contributed by atoms with Crippen LogP contribution in [-0.4, -0.2) is 16.3 Å². The third kappa shape index (κ3) is 2.58. The Bertz CT molecular complexity index is 283. The molecule has 0 spiro atoms. The van der Waals surface area contributed by atoms with Gasteiger partial charge in [0.05, 0.1) is 6.20 Å². The Balaban J connectivity index is 2.88. The first kappa shape index (κ1) is 11.2. The van der Waals surface area contributed by atoms with E-state index < -0.39 is 0 Å². The van der Waals surface area contributed by atoms with E-state index in [4.69, 9.17) is 5.73 Å². The van der Waals surface area contributed by atoms with Crippen molar-refractivity contribution in [3.8, 4) is 0 Å². The molecule has 1 heterocycles. The number of hydrogen-bond acceptors (Lipinski definition) is 2. The van der Waals surface area contributed by atoms with Crippen molar-refractivity contribution >= 4 is 0 Å². The van der Waals surface area contributed by atoms with Crippen LogP contribution in [0.4, 0.5) is 0 Å². The molecule has 0 bridgehead atoms. The first-order valence-electron chi connectivity index (χ1n) is 5.13. The fourth-order valence-corrected chi connectivity index (χ4v) is 1.89. The van der Waals surface area contributed by atoms with E-state index in [1.165, 1.54) is 5.56 Å². The summed E-state index contributed by atoms with van der Waals surface area (Å²) in [7, 11) is 1.95. The molecule has 0 aliphatic carbocycles. The molecule has 0 radical (unpaired) electrons. The van der Waals surface area contributed by atoms with Crippen LogP contribution in [0, 0.1) is 5.41 Å². The summed E-state index contributed by atoms with van der Waals surface area (Å²) < 4.78 is 1.85. The molecule has 0 fully saturated rings. The topological polar surface area (TPSA) is 43.8 Å². The average molecular weight is 195 g/mol. The lowest BCUT2D eigenvalue weighted by Gasteiger charge is -2.29. The minimum Gasteiger partial charge on any atom is -0.330 e. The summed E-state index contributed by atoms with van der Waals surface area (Å²) in [6.45, 7) is 7.48. The zero-order valence-corrected chi connectivity index (χ0v) is 9.62. The lowest BCUT2D eigenvalue weighted by atomic mass is 9.75. The largest absolute Gasteiger partial charge is 0.330 e. The smallest absolute Gasteiger partial charge is 0.0524 e. The summed E-state index contributed by atoms with van der Waals surface area (Å²) >= 11 is 0. The lowest BCUT2D eigenvalue weighted by Crippen LogP contribution is -2.21. The Labute approximate surface area is 86.3 Å². The summed E-state index contributed by atoms with van der Waals surface area (Å²) in [4.78, 5) is 0. The minimum absolute atomic E-state index is 0.252. The molecular weight excluding hydrogens is 174 g/mol. The minimum atomic E-state index is 0.252. The van der Waals surface area contributed by atoms with Crippen molar-refractivity contribution in [2.75, 3.05) is 6.54 Å². The van der Waals surface area contributed by atoms with Gasteiger partial charge >= 0.3 is 0 Å². The second-order valence-corrected chi connectivity index (χ2v) is 4.94. The van der Waals surface area contributed by atoms with Gasteiger partial charge in [-0.2, -0.15) is 5.10 Å². The highest BCUT2D eigenvalue weighted by molar-refractivity contribution is 5.14. The highest BCUT2D eigenvalue weighted by Crippen LogP contribution is 2.36. The molecule has 1 aromatic rings. The van der Waals surface area contributed by atoms with Gasteiger partial charge in [0.25, 0.3) is 0 Å². The Morgan fingerprint density at radius 1 is 1.50 bits per heavy atom. The highest BCUT2D eigenvalue weighted by atomic mass is 15.2. The maximum absolute atomic E-state index is 5.64. The fourth-order valence-electron chi connectivity index (χ4n) is 1.89. The average Bonchev–Trinajstić information content (AvgIpc) is 2.45. The number of nitrogens with two attached hydrogens (primary N) is 1. The van der Waals surface area contributed by atoms with E-state index in [0.717, 1.165) is 13.0 Å². The molecular formula is C11H21N3. The Morgan fingerprint density at radius 3 is 2.50 bits per heavy atom. The quantitative estimate of drug-likeness (QED) is 0.800. The zero-order valence-electron chi connectivity index (χ0n) is 9.62. The van der Waals surface area contributed by atoms with Gasteiger partial charge in [-0.25, -0.2) is 0 Å². The normalized spacial score (nSPS) is 14.4. The van der Waals surface area contributed by atoms with Crippen molar-refractivity contribution in [2.24, 2.45) is 18.2 Å². The number of aryl methyl sites for hydroxylation is 1. The van der Waals surface area contributed by atoms with Crippen LogP contribution < -0.4 is 5.73 Å². The molecule has 0 aliphatic heterocycles. The second-order valence-electron chi connectivity index (χ2n) is 4.94. The van der Waals surface area contributed by atoms with E-state index in [9.17, 15) is 0 Å². The van der Waals surface area contributed by atoms with Crippen LogP contribution in [0.2, 0.25) is 0 Å². The van der Waals surface area contributed by atoms with Gasteiger partial charge < -0.3 is 5.73 Å². The summed E-state index contributed by atoms with van der Waals surface area (Å²) in [5.41, 5.74) is 7.19. The van der Waals surface area contributed by atoms with E-state index in [-0.39, 0.29) is 5.41 Å². The van der Waals surface area contributed by atoms with Crippen LogP contribution >= 0.6 is 0 Å². The molecule has 1 rings (SSSR count). The van der Waals surface area contributed by atoms with Gasteiger partial charge in [-0.3, -0.25) is 4.68 Å². The molecule has 0 aromatic carbocycles. The first-order chi connectivity index (χ1) is 6.45. The molecule has 0 saturated heterocycles. The Hall–Kier alpha value is -0.830. The molecule has 1 unspecified atom stereocenters. The van der Waals surface area contributed by atoms with E-state index in [1.54, 1.807) is 0 Å². The van der Waals surface area contributed by atoms with Crippen LogP contribution in [-0.2, 0) is 7.05 Å². The third-order valence-electron chi connectivity index (χ3n) is 2.63. The monoisotopic (exact) mass is 195 g/mol. The van der Waals surface area contributed by atoms with Gasteiger partial charge in [0.1, 0.15) is 0 Å². The number of nitrogens with zero attached hydrogens (tertiary/aromatic N) is 2. The molecule has 1 aromatic heterocycles. The molecule has 0 aliphatic rings. The van der Waals surface area contributed by atoms with E-state index in [1.807, 2.05) is 17.9 Å². The fraction of sp³-hybridized carbons (Fsp3) is 0.727. The molecule has 80 valence electrons. The van der Waals surface area contributed by atoms with Crippen molar-refractivity contribution in [3.05, 3.63) is 18.0 Å². The first-order valence-corrected chi connectivity index (χ1v) is 5.13. The maximum Gasteiger partial charge on any atom is 0.0524 e. The summed E-state index contributed by atoms with van der Waals surface area (Å²) in [5, 5.41) is 4.21. The van der Waals surface area contributed by atoms with Crippen LogP contribution in [0.15, 0.2) is 12.4 Å². The van der Waals surface area contributed by atoms with E-state index in [2.05, 4.69) is 32.1 Å². The summed E-state index contributed by atoms with van der Waals surface area (Å²) in [6.07, 6.45) is 5.06. The van der Waals surface area contributed by atoms with Crippen LogP contribution in [0.25, 0.3) is 0 Å². The molecule has 0 saturated carbocycles. The van der Waals surface area contributed by atoms with Crippen LogP contribution in [0.1, 0.15) is 38.7 Å². The van der Waals surface area contributed by atoms with Crippen molar-refractivity contribution in [3.63, 3.8) is 0 Å². The number of rotatable bonds is 3. The number of hydrogen-bond donors (Lipinski definition) is 1. The second kappa shape index (κ2) is 4.13. The van der Waals surface area contributed by atoms with Crippen LogP contribution in [0.5, 0.6) is 0 Å². The van der Waals surface area contributed by atoms with Crippen molar-refractivity contribution < 1.29 is 0 Å². The molecule has 0 amide bonds. The molecule has 14 heavy (non-hydrogen) atoms. The predicted molar refractivity (Wildman–Crippen MR) is 59.1 cm³/mol. The van der Waals surface area contributed by atoms with Crippen LogP contribution in [0.3, 0.4) is 0 Å². The van der Waals surface area contributed by atoms with E-state index >= 15 is 0 Å². The van der Waals surface area contributed by atoms with E-state index in [0.29, 0.717) is 5.92 Å². The van der Waals surface area contributed by atoms with Gasteiger partial charge in [0.15, 0.2) is 0 Å². The summed E-state index contributed by atoms with van der Waals surface area (Å²) in [6, 6.07) is 0. The SMILES string of the molecule is Cn1cc(C(CCN)C(C)(C)C)cn1. The predicted octanol–water partition coefficient (Wildman–Crippen LogP) is 1.90. The molecule has 1 atom stereocenters. The summed E-state index contributed by atoms with van der Waals surface area (Å²) in [5.74, 6) is 0.501. The lowest BCUT2D eigenvalue weighted by molar-refractivity contribution is 0.307. The number of aromatic nitrogens is 2. The molecule has 3 heteroatoms. The molecule has 3 nitrogen and oxygen atoms in total. The van der Waals surface area contributed by atoms with Gasteiger partial charge in [-0.1, -0.05) is 20.8 Å². The van der Waals surface area contributed by atoms with Gasteiger partial charge in [0, 0.05) is 13.2 Å². The Kier molecular flexibility index (Phi) is 3.32.